The number of carboxylic acid groups (broad SMARTS) is 1. The van der Waals surface area contributed by atoms with Crippen LogP contribution in [0.15, 0.2) is 52.7 Å². The number of hydrogen-bond acceptors (Lipinski definition) is 5. The number of halogens is 2. The molecule has 0 radical (unpaired) electrons. The van der Waals surface area contributed by atoms with Crippen molar-refractivity contribution in [1.82, 2.24) is 4.98 Å². The summed E-state index contributed by atoms with van der Waals surface area (Å²) in [4.78, 5) is 14.4. The molecule has 2 N–H and O–H groups in total. The van der Waals surface area contributed by atoms with E-state index in [-0.39, 0.29) is 10.7 Å². The van der Waals surface area contributed by atoms with Crippen LogP contribution in [0.1, 0.15) is 10.4 Å². The van der Waals surface area contributed by atoms with Crippen LogP contribution >= 0.6 is 22.9 Å². The maximum Gasteiger partial charge on any atom is 0.335 e. The van der Waals surface area contributed by atoms with E-state index in [4.69, 9.17) is 16.7 Å². The minimum absolute atomic E-state index is 0.0232. The van der Waals surface area contributed by atoms with Crippen molar-refractivity contribution in [2.45, 2.75) is 4.90 Å². The number of thiazole rings is 1. The number of benzene rings is 2. The third kappa shape index (κ3) is 3.85. The van der Waals surface area contributed by atoms with Gasteiger partial charge in [0.1, 0.15) is 10.7 Å². The molecule has 0 saturated heterocycles. The second-order valence-corrected chi connectivity index (χ2v) is 8.05. The third-order valence-corrected chi connectivity index (χ3v) is 5.83. The van der Waals surface area contributed by atoms with Crippen LogP contribution in [0.4, 0.5) is 9.52 Å². The highest BCUT2D eigenvalue weighted by molar-refractivity contribution is 7.93. The van der Waals surface area contributed by atoms with Crippen LogP contribution in [0.5, 0.6) is 0 Å². The quantitative estimate of drug-likeness (QED) is 0.657. The lowest BCUT2D eigenvalue weighted by molar-refractivity contribution is 0.0696. The first kappa shape index (κ1) is 18.3. The third-order valence-electron chi connectivity index (χ3n) is 3.33. The monoisotopic (exact) mass is 412 g/mol. The summed E-state index contributed by atoms with van der Waals surface area (Å²) in [7, 11) is -4.34. The summed E-state index contributed by atoms with van der Waals surface area (Å²) in [5.41, 5.74) is 0.909. The fourth-order valence-corrected chi connectivity index (χ4v) is 4.29. The van der Waals surface area contributed by atoms with Crippen molar-refractivity contribution in [2.75, 3.05) is 4.72 Å². The smallest absolute Gasteiger partial charge is 0.335 e. The molecule has 10 heteroatoms. The zero-order valence-electron chi connectivity index (χ0n) is 12.8. The molecule has 0 aliphatic heterocycles. The standard InChI is InChI=1S/C16H10ClFN2O4S2/c17-11-4-1-9(2-5-11)13-8-25-16(19-13)20-26(23,24)14-7-10(15(21)22)3-6-12(14)18/h1-8H,(H,19,20)(H,21,22). The van der Waals surface area contributed by atoms with Crippen molar-refractivity contribution < 1.29 is 22.7 Å². The zero-order chi connectivity index (χ0) is 18.9. The number of rotatable bonds is 5. The molecular weight excluding hydrogens is 403 g/mol. The van der Waals surface area contributed by atoms with E-state index < -0.39 is 26.7 Å². The van der Waals surface area contributed by atoms with E-state index in [0.717, 1.165) is 35.1 Å². The predicted octanol–water partition coefficient (Wildman–Crippen LogP) is 4.10. The van der Waals surface area contributed by atoms with Gasteiger partial charge in [-0.25, -0.2) is 22.6 Å². The molecule has 0 saturated carbocycles. The Morgan fingerprint density at radius 2 is 1.88 bits per heavy atom. The van der Waals surface area contributed by atoms with Gasteiger partial charge in [0.15, 0.2) is 5.13 Å². The predicted molar refractivity (Wildman–Crippen MR) is 96.7 cm³/mol. The van der Waals surface area contributed by atoms with Crippen molar-refractivity contribution >= 4 is 44.1 Å². The van der Waals surface area contributed by atoms with Gasteiger partial charge in [-0.3, -0.25) is 4.72 Å². The van der Waals surface area contributed by atoms with Gasteiger partial charge in [-0.05, 0) is 30.3 Å². The van der Waals surface area contributed by atoms with Gasteiger partial charge in [0.25, 0.3) is 10.0 Å². The lowest BCUT2D eigenvalue weighted by Gasteiger charge is -2.07. The first-order valence-electron chi connectivity index (χ1n) is 7.03. The van der Waals surface area contributed by atoms with Crippen molar-refractivity contribution in [3.05, 3.63) is 64.2 Å². The summed E-state index contributed by atoms with van der Waals surface area (Å²) in [6.07, 6.45) is 0. The van der Waals surface area contributed by atoms with Crippen LogP contribution in [-0.2, 0) is 10.0 Å². The summed E-state index contributed by atoms with van der Waals surface area (Å²) < 4.78 is 40.8. The highest BCUT2D eigenvalue weighted by atomic mass is 35.5. The maximum absolute atomic E-state index is 13.9. The van der Waals surface area contributed by atoms with Crippen molar-refractivity contribution in [3.8, 4) is 11.3 Å². The number of nitrogens with one attached hydrogen (secondary N) is 1. The molecule has 0 atom stereocenters. The van der Waals surface area contributed by atoms with Crippen LogP contribution in [0.25, 0.3) is 11.3 Å². The van der Waals surface area contributed by atoms with Gasteiger partial charge < -0.3 is 5.11 Å². The second-order valence-electron chi connectivity index (χ2n) is 5.10. The molecule has 1 aromatic heterocycles. The number of hydrogen-bond donors (Lipinski definition) is 2. The van der Waals surface area contributed by atoms with Gasteiger partial charge in [0.05, 0.1) is 11.3 Å². The van der Waals surface area contributed by atoms with E-state index in [2.05, 4.69) is 9.71 Å². The molecule has 134 valence electrons. The molecule has 0 spiro atoms. The molecule has 0 fully saturated rings. The number of aromatic nitrogens is 1. The van der Waals surface area contributed by atoms with E-state index in [1.165, 1.54) is 0 Å². The molecule has 0 aliphatic rings. The Morgan fingerprint density at radius 3 is 2.54 bits per heavy atom. The van der Waals surface area contributed by atoms with Crippen LogP contribution in [0.3, 0.4) is 0 Å². The Labute approximate surface area is 157 Å². The largest absolute Gasteiger partial charge is 0.478 e. The Kier molecular flexibility index (Phi) is 4.94. The minimum Gasteiger partial charge on any atom is -0.478 e. The lowest BCUT2D eigenvalue weighted by atomic mass is 10.2. The van der Waals surface area contributed by atoms with Crippen LogP contribution in [0.2, 0.25) is 5.02 Å². The average Bonchev–Trinajstić information content (AvgIpc) is 3.03. The van der Waals surface area contributed by atoms with Crippen molar-refractivity contribution in [2.24, 2.45) is 0 Å². The summed E-state index contributed by atoms with van der Waals surface area (Å²) in [6, 6.07) is 9.34. The van der Waals surface area contributed by atoms with Crippen LogP contribution in [-0.4, -0.2) is 24.5 Å². The molecule has 6 nitrogen and oxygen atoms in total. The number of nitrogens with zero attached hydrogens (tertiary/aromatic N) is 1. The first-order valence-corrected chi connectivity index (χ1v) is 9.77. The van der Waals surface area contributed by atoms with Gasteiger partial charge >= 0.3 is 5.97 Å². The molecule has 2 aromatic carbocycles. The summed E-state index contributed by atoms with van der Waals surface area (Å²) in [5, 5.41) is 11.2. The molecule has 3 rings (SSSR count). The summed E-state index contributed by atoms with van der Waals surface area (Å²) in [6.45, 7) is 0. The molecular formula is C16H10ClFN2O4S2. The average molecular weight is 413 g/mol. The van der Waals surface area contributed by atoms with E-state index in [0.29, 0.717) is 10.7 Å². The lowest BCUT2D eigenvalue weighted by Crippen LogP contribution is -2.15. The van der Waals surface area contributed by atoms with E-state index in [9.17, 15) is 17.6 Å². The van der Waals surface area contributed by atoms with E-state index in [1.807, 2.05) is 0 Å². The normalized spacial score (nSPS) is 11.3. The highest BCUT2D eigenvalue weighted by Gasteiger charge is 2.22. The second kappa shape index (κ2) is 7.02. The number of carboxylic acids is 1. The van der Waals surface area contributed by atoms with E-state index >= 15 is 0 Å². The van der Waals surface area contributed by atoms with E-state index in [1.54, 1.807) is 29.6 Å². The number of anilines is 1. The fraction of sp³-hybridized carbons (Fsp3) is 0. The molecule has 0 aliphatic carbocycles. The van der Waals surface area contributed by atoms with Crippen LogP contribution < -0.4 is 4.72 Å². The fourth-order valence-electron chi connectivity index (χ4n) is 2.09. The molecule has 26 heavy (non-hydrogen) atoms. The van der Waals surface area contributed by atoms with Gasteiger partial charge in [0.2, 0.25) is 0 Å². The Hall–Kier alpha value is -2.49. The summed E-state index contributed by atoms with van der Waals surface area (Å²) >= 11 is 6.84. The first-order chi connectivity index (χ1) is 12.3. The summed E-state index contributed by atoms with van der Waals surface area (Å²) in [5.74, 6) is -2.42. The number of aromatic carboxylic acids is 1. The van der Waals surface area contributed by atoms with Gasteiger partial charge in [-0.2, -0.15) is 0 Å². The van der Waals surface area contributed by atoms with Gasteiger partial charge in [-0.15, -0.1) is 11.3 Å². The van der Waals surface area contributed by atoms with Crippen molar-refractivity contribution in [1.29, 1.82) is 0 Å². The Bertz CT molecular complexity index is 1080. The van der Waals surface area contributed by atoms with Gasteiger partial charge in [-0.1, -0.05) is 23.7 Å². The molecule has 0 bridgehead atoms. The maximum atomic E-state index is 13.9. The minimum atomic E-state index is -4.34. The van der Waals surface area contributed by atoms with Gasteiger partial charge in [0, 0.05) is 16.0 Å². The van der Waals surface area contributed by atoms with Crippen LogP contribution in [0, 0.1) is 5.82 Å². The number of sulfonamides is 1. The number of carbonyl (C=O) groups is 1. The SMILES string of the molecule is O=C(O)c1ccc(F)c(S(=O)(=O)Nc2nc(-c3ccc(Cl)cc3)cs2)c1. The molecule has 0 unspecified atom stereocenters. The molecule has 3 aromatic rings. The highest BCUT2D eigenvalue weighted by Crippen LogP contribution is 2.28. The molecule has 0 amide bonds. The topological polar surface area (TPSA) is 96.4 Å². The zero-order valence-corrected chi connectivity index (χ0v) is 15.2. The Balaban J connectivity index is 1.90. The Morgan fingerprint density at radius 1 is 1.19 bits per heavy atom. The molecule has 1 heterocycles. The van der Waals surface area contributed by atoms with Crippen molar-refractivity contribution in [3.63, 3.8) is 0 Å².